The zero-order valence-corrected chi connectivity index (χ0v) is 43.4. The van der Waals surface area contributed by atoms with Gasteiger partial charge in [-0.2, -0.15) is 0 Å². The Morgan fingerprint density at radius 3 is 2.30 bits per heavy atom. The number of aliphatic hydroxyl groups is 5. The summed E-state index contributed by atoms with van der Waals surface area (Å²) in [5.41, 5.74) is 0. The molecule has 22 atom stereocenters. The fourth-order valence-electron chi connectivity index (χ4n) is 11.7. The van der Waals surface area contributed by atoms with Gasteiger partial charge in [0.1, 0.15) is 24.4 Å². The lowest BCUT2D eigenvalue weighted by molar-refractivity contribution is -0.413. The molecule has 7 aliphatic rings. The monoisotopic (exact) mass is 1050 g/mol. The van der Waals surface area contributed by atoms with Gasteiger partial charge in [-0.05, 0) is 76.2 Å². The van der Waals surface area contributed by atoms with Crippen molar-refractivity contribution in [3.8, 4) is 0 Å². The van der Waals surface area contributed by atoms with E-state index < -0.39 is 131 Å². The fraction of sp³-hybridized carbons (Fsp3) is 0.846. The van der Waals surface area contributed by atoms with E-state index in [-0.39, 0.29) is 50.4 Å². The maximum atomic E-state index is 14.0. The van der Waals surface area contributed by atoms with E-state index in [0.717, 1.165) is 0 Å². The van der Waals surface area contributed by atoms with E-state index in [4.69, 9.17) is 70.9 Å². The summed E-state index contributed by atoms with van der Waals surface area (Å²) in [6.07, 6.45) is 5.13. The molecular formula is C52H80Cl2O17. The summed E-state index contributed by atoms with van der Waals surface area (Å²) in [4.78, 5) is 25.0. The average molecular weight is 1050 g/mol. The predicted octanol–water partition coefficient (Wildman–Crippen LogP) is 5.74. The van der Waals surface area contributed by atoms with E-state index in [2.05, 4.69) is 0 Å². The standard InChI is InChI=1S/C52H80Cl2O17/c1-29-17-20-50-22-19-39(63-4)48(70-50)47(60)46(59)30(2)13-16-38-45(54)43(64-5)27-51(67-38)21-18-31(3)52(71-51)28-42(37(69-52)12-10-8-6-7-9-11-36(57)49(61)62)66-44(58)26-41-35(53)15-14-34(65-41)24-32(55)23-33(56)25-40(29)68-50/h7-10,17,20,29-43,45-48,55-57,59-60H,6,11-16,18-19,21-28H2,1-5H3,(H,61,62)/b9-7-,10-8+/t29-,30-,31-,32-,33-,34-,35-,36+,37-,38+,39-,40+,41-,42-,43+,45+,46-,47-,48-,50-,51+,52+/m0/s1. The molecule has 6 N–H and O–H groups in total. The Morgan fingerprint density at radius 2 is 1.55 bits per heavy atom. The number of fused-ring (bicyclic) bond motifs is 6. The van der Waals surface area contributed by atoms with Gasteiger partial charge in [-0.1, -0.05) is 51.2 Å². The van der Waals surface area contributed by atoms with Crippen molar-refractivity contribution in [3.05, 3.63) is 36.5 Å². The van der Waals surface area contributed by atoms with E-state index in [1.807, 2.05) is 45.1 Å². The van der Waals surface area contributed by atoms with Crippen LogP contribution in [0.3, 0.4) is 0 Å². The number of hydrogen-bond acceptors (Lipinski definition) is 16. The third-order valence-corrected chi connectivity index (χ3v) is 17.2. The van der Waals surface area contributed by atoms with Gasteiger partial charge in [0.05, 0.1) is 72.1 Å². The van der Waals surface area contributed by atoms with Crippen molar-refractivity contribution in [3.63, 3.8) is 0 Å². The van der Waals surface area contributed by atoms with Gasteiger partial charge >= 0.3 is 11.9 Å². The number of ether oxygens (including phenoxy) is 9. The highest BCUT2D eigenvalue weighted by Gasteiger charge is 2.61. The molecule has 0 aromatic rings. The number of carboxylic acid groups (broad SMARTS) is 1. The number of allylic oxidation sites excluding steroid dienone is 2. The number of rotatable bonds is 9. The van der Waals surface area contributed by atoms with E-state index in [1.54, 1.807) is 26.4 Å². The first kappa shape index (κ1) is 56.9. The van der Waals surface area contributed by atoms with Crippen molar-refractivity contribution in [2.45, 2.75) is 243 Å². The van der Waals surface area contributed by atoms with Gasteiger partial charge in [-0.3, -0.25) is 4.79 Å². The zero-order valence-electron chi connectivity index (χ0n) is 41.9. The van der Waals surface area contributed by atoms with E-state index in [9.17, 15) is 35.1 Å². The van der Waals surface area contributed by atoms with Crippen LogP contribution in [0.2, 0.25) is 0 Å². The molecule has 19 heteroatoms. The Hall–Kier alpha value is -1.78. The fourth-order valence-corrected chi connectivity index (χ4v) is 12.4. The third kappa shape index (κ3) is 14.0. The van der Waals surface area contributed by atoms with Crippen LogP contribution in [0.1, 0.15) is 130 Å². The predicted molar refractivity (Wildman–Crippen MR) is 259 cm³/mol. The summed E-state index contributed by atoms with van der Waals surface area (Å²) in [7, 11) is 3.15. The van der Waals surface area contributed by atoms with Crippen molar-refractivity contribution in [2.75, 3.05) is 14.2 Å². The molecule has 17 nitrogen and oxygen atoms in total. The number of halogens is 2. The molecule has 9 bridgehead atoms. The van der Waals surface area contributed by atoms with E-state index >= 15 is 0 Å². The minimum Gasteiger partial charge on any atom is -0.479 e. The number of aliphatic carboxylic acids is 1. The molecule has 3 spiro atoms. The molecule has 0 aromatic heterocycles. The van der Waals surface area contributed by atoms with Crippen LogP contribution in [-0.4, -0.2) is 170 Å². The summed E-state index contributed by atoms with van der Waals surface area (Å²) in [5, 5.41) is 63.9. The second kappa shape index (κ2) is 24.9. The van der Waals surface area contributed by atoms with Crippen LogP contribution < -0.4 is 0 Å². The van der Waals surface area contributed by atoms with Crippen LogP contribution in [0.4, 0.5) is 0 Å². The molecule has 7 rings (SSSR count). The first-order valence-corrected chi connectivity index (χ1v) is 26.9. The molecule has 0 radical (unpaired) electrons. The highest BCUT2D eigenvalue weighted by Crippen LogP contribution is 2.53. The van der Waals surface area contributed by atoms with Gasteiger partial charge in [-0.15, -0.1) is 23.2 Å². The van der Waals surface area contributed by atoms with Crippen LogP contribution in [0.5, 0.6) is 0 Å². The Bertz CT molecular complexity index is 1840. The number of carbonyl (C=O) groups is 2. The first-order valence-electron chi connectivity index (χ1n) is 26.0. The van der Waals surface area contributed by atoms with Gasteiger partial charge < -0.3 is 73.3 Å². The Morgan fingerprint density at radius 1 is 0.803 bits per heavy atom. The normalized spacial score (nSPS) is 46.8. The molecule has 0 amide bonds. The molecule has 71 heavy (non-hydrogen) atoms. The number of hydrogen-bond donors (Lipinski definition) is 6. The average Bonchev–Trinajstić information content (AvgIpc) is 3.67. The van der Waals surface area contributed by atoms with Crippen LogP contribution in [0.25, 0.3) is 0 Å². The van der Waals surface area contributed by atoms with Crippen molar-refractivity contribution in [2.24, 2.45) is 17.8 Å². The molecule has 0 saturated carbocycles. The largest absolute Gasteiger partial charge is 0.479 e. The molecular weight excluding hydrogens is 967 g/mol. The Balaban J connectivity index is 1.14. The first-order chi connectivity index (χ1) is 33.8. The molecule has 404 valence electrons. The number of alkyl halides is 2. The van der Waals surface area contributed by atoms with Crippen LogP contribution in [0.15, 0.2) is 36.5 Å². The van der Waals surface area contributed by atoms with Crippen LogP contribution in [-0.2, 0) is 52.2 Å². The van der Waals surface area contributed by atoms with Crippen LogP contribution >= 0.6 is 23.2 Å². The summed E-state index contributed by atoms with van der Waals surface area (Å²) < 4.78 is 58.8. The molecule has 0 aromatic carbocycles. The maximum absolute atomic E-state index is 14.0. The lowest BCUT2D eigenvalue weighted by Crippen LogP contribution is -2.61. The van der Waals surface area contributed by atoms with E-state index in [1.165, 1.54) is 0 Å². The van der Waals surface area contributed by atoms with Gasteiger partial charge in [0, 0.05) is 64.6 Å². The summed E-state index contributed by atoms with van der Waals surface area (Å²) in [6, 6.07) is 0. The smallest absolute Gasteiger partial charge is 0.332 e. The van der Waals surface area contributed by atoms with Gasteiger partial charge in [0.2, 0.25) is 0 Å². The number of methoxy groups -OCH3 is 2. The maximum Gasteiger partial charge on any atom is 0.332 e. The number of esters is 1. The molecule has 7 heterocycles. The van der Waals surface area contributed by atoms with Crippen molar-refractivity contribution in [1.82, 2.24) is 0 Å². The third-order valence-electron chi connectivity index (χ3n) is 16.1. The zero-order chi connectivity index (χ0) is 51.3. The minimum atomic E-state index is -1.48. The second-order valence-corrected chi connectivity index (χ2v) is 22.5. The number of carbonyl (C=O) groups excluding carboxylic acids is 1. The topological polar surface area (TPSA) is 239 Å². The van der Waals surface area contributed by atoms with Crippen molar-refractivity contribution in [1.29, 1.82) is 0 Å². The van der Waals surface area contributed by atoms with Gasteiger partial charge in [0.25, 0.3) is 0 Å². The number of carboxylic acids is 1. The quantitative estimate of drug-likeness (QED) is 0.0918. The van der Waals surface area contributed by atoms with E-state index in [0.29, 0.717) is 70.6 Å². The molecule has 0 unspecified atom stereocenters. The highest BCUT2D eigenvalue weighted by molar-refractivity contribution is 6.21. The highest BCUT2D eigenvalue weighted by atomic mass is 35.5. The van der Waals surface area contributed by atoms with Crippen LogP contribution in [0, 0.1) is 17.8 Å². The van der Waals surface area contributed by atoms with Gasteiger partial charge in [-0.25, -0.2) is 4.79 Å². The second-order valence-electron chi connectivity index (χ2n) is 21.5. The minimum absolute atomic E-state index is 0.0223. The lowest BCUT2D eigenvalue weighted by Gasteiger charge is -2.54. The van der Waals surface area contributed by atoms with Crippen molar-refractivity contribution >= 4 is 35.1 Å². The molecule has 6 saturated heterocycles. The Kier molecular flexibility index (Phi) is 20.0. The summed E-state index contributed by atoms with van der Waals surface area (Å²) in [5.74, 6) is -6.17. The Labute approximate surface area is 428 Å². The lowest BCUT2D eigenvalue weighted by atomic mass is 9.82. The molecule has 0 aliphatic carbocycles. The number of aliphatic hydroxyl groups excluding tert-OH is 5. The van der Waals surface area contributed by atoms with Gasteiger partial charge in [0.15, 0.2) is 23.5 Å². The summed E-state index contributed by atoms with van der Waals surface area (Å²) >= 11 is 14.0. The summed E-state index contributed by atoms with van der Waals surface area (Å²) in [6.45, 7) is 5.88. The molecule has 7 aliphatic heterocycles. The van der Waals surface area contributed by atoms with Crippen molar-refractivity contribution < 1.29 is 82.9 Å². The SMILES string of the molecule is CO[C@H]1CC[C@]23C=C[C@H](C)[C@@H](C[C@@H](O)C[C@H](O)C[C@@H]4CC[C@H](Cl)[C@H](CC(=O)O[C@H]5C[C@@]6(O[C@H]5C/C=C/C/C=C\C[C@@H](O)C(=O)O)O[C@]5(CC[C@@H]6C)C[C@@H](OC)[C@H](Cl)[C@@H](CC[C@H](C)[C@H](O)[C@H](O)[C@H]1O2)O5)O4)O3. The molecule has 6 fully saturated rings.